The van der Waals surface area contributed by atoms with Crippen molar-refractivity contribution in [1.82, 2.24) is 0 Å². The summed E-state index contributed by atoms with van der Waals surface area (Å²) < 4.78 is 35.7. The fourth-order valence-corrected chi connectivity index (χ4v) is 3.29. The van der Waals surface area contributed by atoms with Crippen LogP contribution in [-0.2, 0) is 10.0 Å². The van der Waals surface area contributed by atoms with Gasteiger partial charge in [0.2, 0.25) is 10.0 Å². The molecule has 1 heterocycles. The van der Waals surface area contributed by atoms with Gasteiger partial charge in [0.25, 0.3) is 0 Å². The Morgan fingerprint density at radius 2 is 2.00 bits per heavy atom. The van der Waals surface area contributed by atoms with Gasteiger partial charge in [-0.25, -0.2) is 17.9 Å². The molecule has 0 radical (unpaired) electrons. The zero-order valence-electron chi connectivity index (χ0n) is 9.08. The molecule has 0 spiro atoms. The number of benzene rings is 1. The van der Waals surface area contributed by atoms with E-state index in [-0.39, 0.29) is 10.5 Å². The number of hydrogen-bond acceptors (Lipinski definition) is 4. The van der Waals surface area contributed by atoms with Crippen LogP contribution >= 0.6 is 11.3 Å². The van der Waals surface area contributed by atoms with Gasteiger partial charge in [-0.3, -0.25) is 0 Å². The minimum Gasteiger partial charge on any atom is -0.383 e. The lowest BCUT2D eigenvalue weighted by molar-refractivity contribution is 0.218. The molecule has 1 aromatic heterocycles. The number of rotatable bonds is 3. The Hall–Kier alpha value is -1.28. The van der Waals surface area contributed by atoms with Crippen molar-refractivity contribution in [1.29, 1.82) is 0 Å². The molecule has 0 fully saturated rings. The van der Waals surface area contributed by atoms with E-state index in [1.165, 1.54) is 29.6 Å². The van der Waals surface area contributed by atoms with Gasteiger partial charge < -0.3 is 5.11 Å². The first kappa shape index (κ1) is 13.2. The second-order valence-electron chi connectivity index (χ2n) is 3.65. The Labute approximate surface area is 108 Å². The molecule has 1 unspecified atom stereocenters. The highest BCUT2D eigenvalue weighted by Gasteiger charge is 2.19. The van der Waals surface area contributed by atoms with E-state index in [0.717, 1.165) is 11.3 Å². The summed E-state index contributed by atoms with van der Waals surface area (Å²) in [4.78, 5) is 0.238. The van der Waals surface area contributed by atoms with Gasteiger partial charge in [0.15, 0.2) is 0 Å². The van der Waals surface area contributed by atoms with Crippen molar-refractivity contribution in [2.45, 2.75) is 11.0 Å². The highest BCUT2D eigenvalue weighted by atomic mass is 32.2. The van der Waals surface area contributed by atoms with E-state index < -0.39 is 21.9 Å². The summed E-state index contributed by atoms with van der Waals surface area (Å²) in [5, 5.41) is 16.3. The summed E-state index contributed by atoms with van der Waals surface area (Å²) in [6.07, 6.45) is -1.20. The number of thiophene rings is 1. The third-order valence-corrected chi connectivity index (χ3v) is 4.42. The Kier molecular flexibility index (Phi) is 3.49. The molecule has 18 heavy (non-hydrogen) atoms. The summed E-state index contributed by atoms with van der Waals surface area (Å²) in [6, 6.07) is 7.02. The molecule has 0 saturated carbocycles. The molecule has 1 aromatic carbocycles. The smallest absolute Gasteiger partial charge is 0.238 e. The van der Waals surface area contributed by atoms with Gasteiger partial charge in [0.05, 0.1) is 4.90 Å². The normalized spacial score (nSPS) is 13.5. The van der Waals surface area contributed by atoms with Crippen molar-refractivity contribution in [2.75, 3.05) is 0 Å². The van der Waals surface area contributed by atoms with Gasteiger partial charge >= 0.3 is 0 Å². The second-order valence-corrected chi connectivity index (χ2v) is 6.16. The lowest BCUT2D eigenvalue weighted by atomic mass is 10.1. The number of primary sulfonamides is 1. The van der Waals surface area contributed by atoms with Crippen molar-refractivity contribution in [3.8, 4) is 0 Å². The first-order valence-electron chi connectivity index (χ1n) is 4.93. The largest absolute Gasteiger partial charge is 0.383 e. The Morgan fingerprint density at radius 1 is 1.33 bits per heavy atom. The summed E-state index contributed by atoms with van der Waals surface area (Å²) >= 11 is 1.01. The molecule has 0 saturated heterocycles. The zero-order chi connectivity index (χ0) is 13.3. The molecule has 0 amide bonds. The third-order valence-electron chi connectivity index (χ3n) is 2.39. The highest BCUT2D eigenvalue weighted by molar-refractivity contribution is 7.89. The van der Waals surface area contributed by atoms with Crippen LogP contribution in [-0.4, -0.2) is 13.5 Å². The average molecular weight is 287 g/mol. The van der Waals surface area contributed by atoms with Crippen molar-refractivity contribution in [3.05, 3.63) is 52.0 Å². The summed E-state index contributed by atoms with van der Waals surface area (Å²) in [5.74, 6) is -0.546. The lowest BCUT2D eigenvalue weighted by Gasteiger charge is -2.09. The molecule has 0 aliphatic carbocycles. The van der Waals surface area contributed by atoms with Crippen molar-refractivity contribution in [3.63, 3.8) is 0 Å². The SMILES string of the molecule is NS(=O)(=O)c1csc(C(O)c2ccccc2F)c1. The van der Waals surface area contributed by atoms with E-state index in [0.29, 0.717) is 4.88 Å². The van der Waals surface area contributed by atoms with E-state index in [2.05, 4.69) is 0 Å². The minimum atomic E-state index is -3.80. The van der Waals surface area contributed by atoms with E-state index in [1.54, 1.807) is 6.07 Å². The molecule has 3 N–H and O–H groups in total. The second kappa shape index (κ2) is 4.77. The first-order chi connectivity index (χ1) is 8.39. The average Bonchev–Trinajstić information content (AvgIpc) is 2.77. The van der Waals surface area contributed by atoms with Crippen LogP contribution in [0.15, 0.2) is 40.6 Å². The van der Waals surface area contributed by atoms with Gasteiger partial charge in [-0.1, -0.05) is 18.2 Å². The molecule has 1 atom stereocenters. The molecule has 0 aliphatic heterocycles. The molecule has 2 rings (SSSR count). The molecule has 0 aliphatic rings. The van der Waals surface area contributed by atoms with Crippen molar-refractivity contribution >= 4 is 21.4 Å². The molecule has 0 bridgehead atoms. The van der Waals surface area contributed by atoms with Crippen molar-refractivity contribution in [2.24, 2.45) is 5.14 Å². The molecule has 2 aromatic rings. The fraction of sp³-hybridized carbons (Fsp3) is 0.0909. The Balaban J connectivity index is 2.39. The van der Waals surface area contributed by atoms with Crippen LogP contribution in [0.3, 0.4) is 0 Å². The number of halogens is 1. The number of nitrogens with two attached hydrogens (primary N) is 1. The maximum Gasteiger partial charge on any atom is 0.238 e. The summed E-state index contributed by atoms with van der Waals surface area (Å²) in [7, 11) is -3.80. The molecule has 7 heteroatoms. The Morgan fingerprint density at radius 3 is 2.56 bits per heavy atom. The van der Waals surface area contributed by atoms with Crippen LogP contribution in [0.4, 0.5) is 4.39 Å². The maximum absolute atomic E-state index is 13.5. The lowest BCUT2D eigenvalue weighted by Crippen LogP contribution is -2.11. The first-order valence-corrected chi connectivity index (χ1v) is 7.36. The van der Waals surface area contributed by atoms with Gasteiger partial charge in [0, 0.05) is 15.8 Å². The summed E-state index contributed by atoms with van der Waals surface area (Å²) in [6.45, 7) is 0. The highest BCUT2D eigenvalue weighted by Crippen LogP contribution is 2.30. The molecular formula is C11H10FNO3S2. The predicted octanol–water partition coefficient (Wildman–Crippen LogP) is 1.62. The van der Waals surface area contributed by atoms with E-state index >= 15 is 0 Å². The van der Waals surface area contributed by atoms with E-state index in [1.807, 2.05) is 0 Å². The zero-order valence-corrected chi connectivity index (χ0v) is 10.7. The number of aliphatic hydroxyl groups is 1. The van der Waals surface area contributed by atoms with E-state index in [4.69, 9.17) is 5.14 Å². The van der Waals surface area contributed by atoms with Gasteiger partial charge in [-0.05, 0) is 12.1 Å². The van der Waals surface area contributed by atoms with Gasteiger partial charge in [-0.15, -0.1) is 11.3 Å². The Bertz CT molecular complexity index is 666. The fourth-order valence-electron chi connectivity index (χ4n) is 1.48. The maximum atomic E-state index is 13.5. The minimum absolute atomic E-state index is 0.0853. The molecule has 4 nitrogen and oxygen atoms in total. The van der Waals surface area contributed by atoms with Crippen LogP contribution in [0.25, 0.3) is 0 Å². The molecular weight excluding hydrogens is 277 g/mol. The summed E-state index contributed by atoms with van der Waals surface area (Å²) in [5.41, 5.74) is 0.0975. The predicted molar refractivity (Wildman–Crippen MR) is 66.2 cm³/mol. The van der Waals surface area contributed by atoms with Crippen LogP contribution < -0.4 is 5.14 Å². The molecule has 96 valence electrons. The van der Waals surface area contributed by atoms with Gasteiger partial charge in [0.1, 0.15) is 11.9 Å². The number of aliphatic hydroxyl groups excluding tert-OH is 1. The number of sulfonamides is 1. The van der Waals surface area contributed by atoms with Crippen molar-refractivity contribution < 1.29 is 17.9 Å². The van der Waals surface area contributed by atoms with Crippen LogP contribution in [0, 0.1) is 5.82 Å². The van der Waals surface area contributed by atoms with Crippen LogP contribution in [0.5, 0.6) is 0 Å². The monoisotopic (exact) mass is 287 g/mol. The number of hydrogen-bond donors (Lipinski definition) is 2. The van der Waals surface area contributed by atoms with Gasteiger partial charge in [-0.2, -0.15) is 0 Å². The quantitative estimate of drug-likeness (QED) is 0.900. The topological polar surface area (TPSA) is 80.4 Å². The van der Waals surface area contributed by atoms with Crippen LogP contribution in [0.1, 0.15) is 16.5 Å². The van der Waals surface area contributed by atoms with Crippen LogP contribution in [0.2, 0.25) is 0 Å². The standard InChI is InChI=1S/C11H10FNO3S2/c12-9-4-2-1-3-8(9)11(14)10-5-7(6-17-10)18(13,15)16/h1-6,11,14H,(H2,13,15,16). The van der Waals surface area contributed by atoms with E-state index in [9.17, 15) is 17.9 Å². The third kappa shape index (κ3) is 2.59.